The molecule has 1 aliphatic rings. The maximum Gasteiger partial charge on any atom is 0.216 e. The standard InChI is InChI=1S/C10H13FN2/c1-2-8-6-9(11)13-10(12-8)5-7-3-4-7/h6-7H,2-5H2,1H3. The van der Waals surface area contributed by atoms with E-state index in [1.807, 2.05) is 6.92 Å². The van der Waals surface area contributed by atoms with Crippen LogP contribution >= 0.6 is 0 Å². The molecule has 0 radical (unpaired) electrons. The van der Waals surface area contributed by atoms with E-state index in [9.17, 15) is 4.39 Å². The highest BCUT2D eigenvalue weighted by Gasteiger charge is 2.23. The summed E-state index contributed by atoms with van der Waals surface area (Å²) in [6.45, 7) is 1.97. The molecule has 0 aromatic carbocycles. The van der Waals surface area contributed by atoms with Crippen LogP contribution in [0.2, 0.25) is 0 Å². The third kappa shape index (κ3) is 2.23. The first kappa shape index (κ1) is 8.60. The lowest BCUT2D eigenvalue weighted by atomic mass is 10.2. The van der Waals surface area contributed by atoms with Crippen molar-refractivity contribution >= 4 is 0 Å². The van der Waals surface area contributed by atoms with E-state index in [4.69, 9.17) is 0 Å². The van der Waals surface area contributed by atoms with Crippen LogP contribution in [0.1, 0.15) is 31.3 Å². The van der Waals surface area contributed by atoms with E-state index in [-0.39, 0.29) is 5.95 Å². The van der Waals surface area contributed by atoms with Crippen molar-refractivity contribution in [1.82, 2.24) is 9.97 Å². The molecule has 1 aliphatic carbocycles. The highest BCUT2D eigenvalue weighted by molar-refractivity contribution is 5.05. The molecule has 3 heteroatoms. The molecule has 2 rings (SSSR count). The third-order valence-electron chi connectivity index (χ3n) is 2.32. The van der Waals surface area contributed by atoms with Crippen LogP contribution in [0, 0.1) is 11.9 Å². The zero-order valence-electron chi connectivity index (χ0n) is 7.76. The molecular formula is C10H13FN2. The Kier molecular flexibility index (Phi) is 2.25. The Morgan fingerprint density at radius 1 is 1.46 bits per heavy atom. The smallest absolute Gasteiger partial charge is 0.216 e. The lowest BCUT2D eigenvalue weighted by Gasteiger charge is -2.01. The van der Waals surface area contributed by atoms with Gasteiger partial charge in [0.05, 0.1) is 0 Å². The second-order valence-corrected chi connectivity index (χ2v) is 3.60. The number of rotatable bonds is 3. The zero-order chi connectivity index (χ0) is 9.26. The molecule has 0 bridgehead atoms. The fourth-order valence-corrected chi connectivity index (χ4v) is 1.37. The molecule has 0 spiro atoms. The molecule has 0 N–H and O–H groups in total. The topological polar surface area (TPSA) is 25.8 Å². The number of aromatic nitrogens is 2. The fourth-order valence-electron chi connectivity index (χ4n) is 1.37. The summed E-state index contributed by atoms with van der Waals surface area (Å²) < 4.78 is 12.9. The van der Waals surface area contributed by atoms with Crippen molar-refractivity contribution < 1.29 is 4.39 Å². The van der Waals surface area contributed by atoms with E-state index in [2.05, 4.69) is 9.97 Å². The van der Waals surface area contributed by atoms with Gasteiger partial charge in [0.25, 0.3) is 0 Å². The molecule has 1 aromatic heterocycles. The summed E-state index contributed by atoms with van der Waals surface area (Å²) in [5.74, 6) is 1.01. The Labute approximate surface area is 77.2 Å². The molecule has 0 atom stereocenters. The van der Waals surface area contributed by atoms with Gasteiger partial charge in [0.1, 0.15) is 5.82 Å². The summed E-state index contributed by atoms with van der Waals surface area (Å²) in [4.78, 5) is 8.07. The molecule has 13 heavy (non-hydrogen) atoms. The lowest BCUT2D eigenvalue weighted by molar-refractivity contribution is 0.560. The minimum Gasteiger partial charge on any atom is -0.238 e. The summed E-state index contributed by atoms with van der Waals surface area (Å²) in [5, 5.41) is 0. The zero-order valence-corrected chi connectivity index (χ0v) is 7.76. The molecule has 0 aliphatic heterocycles. The second-order valence-electron chi connectivity index (χ2n) is 3.60. The molecule has 2 nitrogen and oxygen atoms in total. The monoisotopic (exact) mass is 180 g/mol. The second kappa shape index (κ2) is 3.40. The first-order valence-corrected chi connectivity index (χ1v) is 4.80. The summed E-state index contributed by atoms with van der Waals surface area (Å²) in [5.41, 5.74) is 0.808. The van der Waals surface area contributed by atoms with Crippen LogP contribution in [-0.4, -0.2) is 9.97 Å². The van der Waals surface area contributed by atoms with Gasteiger partial charge in [-0.3, -0.25) is 0 Å². The van der Waals surface area contributed by atoms with Gasteiger partial charge in [0.2, 0.25) is 5.95 Å². The summed E-state index contributed by atoms with van der Waals surface area (Å²) in [7, 11) is 0. The number of nitrogens with zero attached hydrogens (tertiary/aromatic N) is 2. The average molecular weight is 180 g/mol. The highest BCUT2D eigenvalue weighted by Crippen LogP contribution is 2.31. The van der Waals surface area contributed by atoms with E-state index in [0.717, 1.165) is 18.5 Å². The van der Waals surface area contributed by atoms with Gasteiger partial charge in [-0.1, -0.05) is 6.92 Å². The normalized spacial score (nSPS) is 16.2. The third-order valence-corrected chi connectivity index (χ3v) is 2.32. The van der Waals surface area contributed by atoms with Crippen molar-refractivity contribution in [1.29, 1.82) is 0 Å². The Morgan fingerprint density at radius 2 is 2.23 bits per heavy atom. The molecule has 0 unspecified atom stereocenters. The molecule has 70 valence electrons. The Balaban J connectivity index is 2.17. The van der Waals surface area contributed by atoms with Crippen LogP contribution in [0.4, 0.5) is 4.39 Å². The van der Waals surface area contributed by atoms with Gasteiger partial charge < -0.3 is 0 Å². The Hall–Kier alpha value is -0.990. The van der Waals surface area contributed by atoms with Gasteiger partial charge in [-0.15, -0.1) is 0 Å². The summed E-state index contributed by atoms with van der Waals surface area (Å²) >= 11 is 0. The van der Waals surface area contributed by atoms with Crippen LogP contribution in [0.3, 0.4) is 0 Å². The van der Waals surface area contributed by atoms with E-state index in [1.165, 1.54) is 18.9 Å². The van der Waals surface area contributed by atoms with E-state index in [0.29, 0.717) is 11.7 Å². The van der Waals surface area contributed by atoms with Crippen molar-refractivity contribution in [2.45, 2.75) is 32.6 Å². The van der Waals surface area contributed by atoms with Crippen LogP contribution in [0.5, 0.6) is 0 Å². The summed E-state index contributed by atoms with van der Waals surface area (Å²) in [6.07, 6.45) is 4.13. The van der Waals surface area contributed by atoms with Crippen LogP contribution < -0.4 is 0 Å². The molecule has 1 saturated carbocycles. The Bertz CT molecular complexity index is 308. The molecule has 1 heterocycles. The predicted octanol–water partition coefficient (Wildman–Crippen LogP) is 2.13. The SMILES string of the molecule is CCc1cc(F)nc(CC2CC2)n1. The average Bonchev–Trinajstić information content (AvgIpc) is 2.87. The molecule has 0 amide bonds. The van der Waals surface area contributed by atoms with Gasteiger partial charge in [-0.2, -0.15) is 4.39 Å². The van der Waals surface area contributed by atoms with Gasteiger partial charge in [0, 0.05) is 18.2 Å². The van der Waals surface area contributed by atoms with E-state index < -0.39 is 0 Å². The van der Waals surface area contributed by atoms with Crippen molar-refractivity contribution in [3.05, 3.63) is 23.5 Å². The van der Waals surface area contributed by atoms with Crippen molar-refractivity contribution in [2.75, 3.05) is 0 Å². The van der Waals surface area contributed by atoms with Gasteiger partial charge >= 0.3 is 0 Å². The number of halogens is 1. The van der Waals surface area contributed by atoms with Crippen molar-refractivity contribution in [3.63, 3.8) is 0 Å². The maximum absolute atomic E-state index is 12.9. The number of hydrogen-bond donors (Lipinski definition) is 0. The van der Waals surface area contributed by atoms with E-state index in [1.54, 1.807) is 0 Å². The summed E-state index contributed by atoms with van der Waals surface area (Å²) in [6, 6.07) is 1.41. The molecular weight excluding hydrogens is 167 g/mol. The van der Waals surface area contributed by atoms with Crippen molar-refractivity contribution in [3.8, 4) is 0 Å². The van der Waals surface area contributed by atoms with Gasteiger partial charge in [0.15, 0.2) is 0 Å². The maximum atomic E-state index is 12.9. The first-order chi connectivity index (χ1) is 6.28. The lowest BCUT2D eigenvalue weighted by Crippen LogP contribution is -2.02. The minimum atomic E-state index is -0.387. The van der Waals surface area contributed by atoms with Crippen LogP contribution in [0.25, 0.3) is 0 Å². The van der Waals surface area contributed by atoms with E-state index >= 15 is 0 Å². The predicted molar refractivity (Wildman–Crippen MR) is 47.8 cm³/mol. The molecule has 0 saturated heterocycles. The van der Waals surface area contributed by atoms with Gasteiger partial charge in [-0.05, 0) is 25.2 Å². The molecule has 1 aromatic rings. The van der Waals surface area contributed by atoms with Gasteiger partial charge in [-0.25, -0.2) is 9.97 Å². The van der Waals surface area contributed by atoms with Crippen molar-refractivity contribution in [2.24, 2.45) is 5.92 Å². The quantitative estimate of drug-likeness (QED) is 0.666. The molecule has 1 fully saturated rings. The largest absolute Gasteiger partial charge is 0.238 e. The van der Waals surface area contributed by atoms with Crippen LogP contribution in [0.15, 0.2) is 6.07 Å². The number of hydrogen-bond acceptors (Lipinski definition) is 2. The highest BCUT2D eigenvalue weighted by atomic mass is 19.1. The fraction of sp³-hybridized carbons (Fsp3) is 0.600. The first-order valence-electron chi connectivity index (χ1n) is 4.80. The Morgan fingerprint density at radius 3 is 2.85 bits per heavy atom. The number of aryl methyl sites for hydroxylation is 1. The minimum absolute atomic E-state index is 0.387. The van der Waals surface area contributed by atoms with Crippen LogP contribution in [-0.2, 0) is 12.8 Å².